The number of aromatic nitrogens is 1. The van der Waals surface area contributed by atoms with Crippen molar-refractivity contribution in [1.82, 2.24) is 10.3 Å². The van der Waals surface area contributed by atoms with E-state index in [-0.39, 0.29) is 42.9 Å². The van der Waals surface area contributed by atoms with Gasteiger partial charge in [0.2, 0.25) is 5.91 Å². The summed E-state index contributed by atoms with van der Waals surface area (Å²) in [6.07, 6.45) is -3.86. The van der Waals surface area contributed by atoms with Gasteiger partial charge >= 0.3 is 12.1 Å². The second kappa shape index (κ2) is 9.28. The summed E-state index contributed by atoms with van der Waals surface area (Å²) in [5, 5.41) is 13.3. The normalized spacial score (nSPS) is 11.2. The third-order valence-electron chi connectivity index (χ3n) is 2.61. The summed E-state index contributed by atoms with van der Waals surface area (Å²) in [4.78, 5) is 25.2. The van der Waals surface area contributed by atoms with E-state index in [0.717, 1.165) is 6.07 Å². The number of anilines is 1. The number of ether oxygens (including phenoxy) is 1. The number of pyridine rings is 1. The second-order valence-corrected chi connectivity index (χ2v) is 4.93. The standard InChI is InChI=1S/C13H15ClF3N3O4/c14-9-5-8(13(15,16)17)6-20-12(9)19-2-1-10(21)18-3-4-24-7-11(22)23/h5-6H,1-4,7H2,(H,18,21)(H,19,20)(H,22,23). The topological polar surface area (TPSA) is 101 Å². The van der Waals surface area contributed by atoms with Crippen molar-refractivity contribution >= 4 is 29.3 Å². The molecule has 1 rings (SSSR count). The molecule has 0 atom stereocenters. The van der Waals surface area contributed by atoms with Gasteiger partial charge in [0.1, 0.15) is 12.4 Å². The molecule has 0 aliphatic rings. The molecule has 1 amide bonds. The lowest BCUT2D eigenvalue weighted by Gasteiger charge is -2.11. The number of rotatable bonds is 9. The maximum Gasteiger partial charge on any atom is 0.417 e. The van der Waals surface area contributed by atoms with Crippen LogP contribution in [0.2, 0.25) is 5.02 Å². The van der Waals surface area contributed by atoms with E-state index in [1.165, 1.54) is 0 Å². The molecule has 134 valence electrons. The number of hydrogen-bond acceptors (Lipinski definition) is 5. The first-order valence-corrected chi connectivity index (χ1v) is 7.11. The van der Waals surface area contributed by atoms with E-state index in [9.17, 15) is 22.8 Å². The van der Waals surface area contributed by atoms with E-state index in [2.05, 4.69) is 15.6 Å². The predicted molar refractivity (Wildman–Crippen MR) is 78.8 cm³/mol. The number of aliphatic carboxylic acids is 1. The third kappa shape index (κ3) is 7.47. The monoisotopic (exact) mass is 369 g/mol. The molecule has 3 N–H and O–H groups in total. The van der Waals surface area contributed by atoms with Gasteiger partial charge in [-0.25, -0.2) is 9.78 Å². The molecule has 7 nitrogen and oxygen atoms in total. The molecule has 0 fully saturated rings. The number of halogens is 4. The van der Waals surface area contributed by atoms with Gasteiger partial charge in [-0.3, -0.25) is 4.79 Å². The van der Waals surface area contributed by atoms with E-state index in [4.69, 9.17) is 21.4 Å². The second-order valence-electron chi connectivity index (χ2n) is 4.53. The van der Waals surface area contributed by atoms with Crippen LogP contribution in [0.5, 0.6) is 0 Å². The van der Waals surface area contributed by atoms with Crippen LogP contribution in [-0.2, 0) is 20.5 Å². The van der Waals surface area contributed by atoms with Gasteiger partial charge in [-0.2, -0.15) is 13.2 Å². The molecule has 0 aromatic carbocycles. The lowest BCUT2D eigenvalue weighted by atomic mass is 10.2. The molecule has 0 saturated heterocycles. The molecular weight excluding hydrogens is 355 g/mol. The maximum absolute atomic E-state index is 12.5. The van der Waals surface area contributed by atoms with E-state index >= 15 is 0 Å². The molecule has 1 aromatic heterocycles. The van der Waals surface area contributed by atoms with Crippen molar-refractivity contribution in [2.75, 3.05) is 31.6 Å². The van der Waals surface area contributed by atoms with Crippen LogP contribution >= 0.6 is 11.6 Å². The highest BCUT2D eigenvalue weighted by molar-refractivity contribution is 6.32. The van der Waals surface area contributed by atoms with Crippen molar-refractivity contribution in [1.29, 1.82) is 0 Å². The molecular formula is C13H15ClF3N3O4. The van der Waals surface area contributed by atoms with Crippen molar-refractivity contribution < 1.29 is 32.6 Å². The fourth-order valence-electron chi connectivity index (χ4n) is 1.53. The highest BCUT2D eigenvalue weighted by atomic mass is 35.5. The number of hydrogen-bond donors (Lipinski definition) is 3. The molecule has 0 saturated carbocycles. The first-order chi connectivity index (χ1) is 11.2. The van der Waals surface area contributed by atoms with Crippen LogP contribution in [0, 0.1) is 0 Å². The van der Waals surface area contributed by atoms with Crippen LogP contribution in [0.25, 0.3) is 0 Å². The molecule has 0 bridgehead atoms. The van der Waals surface area contributed by atoms with Gasteiger partial charge < -0.3 is 20.5 Å². The number of amides is 1. The molecule has 0 aliphatic carbocycles. The van der Waals surface area contributed by atoms with E-state index in [1.807, 2.05) is 0 Å². The van der Waals surface area contributed by atoms with Gasteiger partial charge in [0.15, 0.2) is 0 Å². The highest BCUT2D eigenvalue weighted by Gasteiger charge is 2.31. The van der Waals surface area contributed by atoms with Gasteiger partial charge in [0, 0.05) is 25.7 Å². The molecule has 0 aliphatic heterocycles. The fourth-order valence-corrected chi connectivity index (χ4v) is 1.76. The molecule has 11 heteroatoms. The van der Waals surface area contributed by atoms with E-state index < -0.39 is 24.3 Å². The molecule has 0 unspecified atom stereocenters. The first-order valence-electron chi connectivity index (χ1n) is 6.73. The molecule has 24 heavy (non-hydrogen) atoms. The SMILES string of the molecule is O=C(O)COCCNC(=O)CCNc1ncc(C(F)(F)F)cc1Cl. The Morgan fingerprint density at radius 3 is 2.62 bits per heavy atom. The molecule has 1 heterocycles. The number of nitrogens with one attached hydrogen (secondary N) is 2. The zero-order valence-corrected chi connectivity index (χ0v) is 13.1. The predicted octanol–water partition coefficient (Wildman–Crippen LogP) is 1.77. The van der Waals surface area contributed by atoms with Gasteiger partial charge in [-0.05, 0) is 6.07 Å². The van der Waals surface area contributed by atoms with Crippen LogP contribution in [0.15, 0.2) is 12.3 Å². The van der Waals surface area contributed by atoms with Crippen molar-refractivity contribution in [3.63, 3.8) is 0 Å². The minimum absolute atomic E-state index is 0.0258. The average Bonchev–Trinajstić information content (AvgIpc) is 2.47. The number of carbonyl (C=O) groups excluding carboxylic acids is 1. The summed E-state index contributed by atoms with van der Waals surface area (Å²) in [7, 11) is 0. The summed E-state index contributed by atoms with van der Waals surface area (Å²) >= 11 is 5.70. The maximum atomic E-state index is 12.5. The number of carboxylic acid groups (broad SMARTS) is 1. The van der Waals surface area contributed by atoms with Gasteiger partial charge in [0.25, 0.3) is 0 Å². The zero-order chi connectivity index (χ0) is 18.2. The quantitative estimate of drug-likeness (QED) is 0.574. The van der Waals surface area contributed by atoms with Crippen molar-refractivity contribution in [2.24, 2.45) is 0 Å². The van der Waals surface area contributed by atoms with Crippen LogP contribution in [0.4, 0.5) is 19.0 Å². The smallest absolute Gasteiger partial charge is 0.417 e. The summed E-state index contributed by atoms with van der Waals surface area (Å²) in [5.74, 6) is -1.40. The minimum atomic E-state index is -4.53. The van der Waals surface area contributed by atoms with Crippen LogP contribution in [0.3, 0.4) is 0 Å². The zero-order valence-electron chi connectivity index (χ0n) is 12.3. The molecule has 0 spiro atoms. The van der Waals surface area contributed by atoms with Crippen LogP contribution in [0.1, 0.15) is 12.0 Å². The highest BCUT2D eigenvalue weighted by Crippen LogP contribution is 2.32. The number of nitrogens with zero attached hydrogens (tertiary/aromatic N) is 1. The Morgan fingerprint density at radius 1 is 1.33 bits per heavy atom. The fraction of sp³-hybridized carbons (Fsp3) is 0.462. The van der Waals surface area contributed by atoms with Crippen molar-refractivity contribution in [2.45, 2.75) is 12.6 Å². The number of carboxylic acids is 1. The van der Waals surface area contributed by atoms with Crippen LogP contribution < -0.4 is 10.6 Å². The van der Waals surface area contributed by atoms with E-state index in [0.29, 0.717) is 6.20 Å². The Morgan fingerprint density at radius 2 is 2.04 bits per heavy atom. The number of carbonyl (C=O) groups is 2. The largest absolute Gasteiger partial charge is 0.480 e. The van der Waals surface area contributed by atoms with Crippen molar-refractivity contribution in [3.8, 4) is 0 Å². The summed E-state index contributed by atoms with van der Waals surface area (Å²) in [6, 6.07) is 0.747. The average molecular weight is 370 g/mol. The summed E-state index contributed by atoms with van der Waals surface area (Å²) in [5.41, 5.74) is -0.961. The Hall–Kier alpha value is -2.07. The minimum Gasteiger partial charge on any atom is -0.480 e. The Balaban J connectivity index is 2.29. The van der Waals surface area contributed by atoms with E-state index in [1.54, 1.807) is 0 Å². The van der Waals surface area contributed by atoms with Crippen molar-refractivity contribution in [3.05, 3.63) is 22.8 Å². The summed E-state index contributed by atoms with van der Waals surface area (Å²) < 4.78 is 42.1. The third-order valence-corrected chi connectivity index (χ3v) is 2.90. The molecule has 0 radical (unpaired) electrons. The molecule has 1 aromatic rings. The Labute approximate surface area is 140 Å². The first kappa shape index (κ1) is 20.0. The lowest BCUT2D eigenvalue weighted by Crippen LogP contribution is -2.29. The Bertz CT molecular complexity index is 584. The van der Waals surface area contributed by atoms with Gasteiger partial charge in [-0.15, -0.1) is 0 Å². The lowest BCUT2D eigenvalue weighted by molar-refractivity contribution is -0.142. The Kier molecular flexibility index (Phi) is 7.72. The van der Waals surface area contributed by atoms with Gasteiger partial charge in [-0.1, -0.05) is 11.6 Å². The number of alkyl halides is 3. The van der Waals surface area contributed by atoms with Crippen LogP contribution in [-0.4, -0.2) is 48.3 Å². The van der Waals surface area contributed by atoms with Gasteiger partial charge in [0.05, 0.1) is 17.2 Å². The summed E-state index contributed by atoms with van der Waals surface area (Å²) in [6.45, 7) is -0.140.